The molecule has 2 aromatic rings. The molecule has 2 aliphatic heterocycles. The van der Waals surface area contributed by atoms with Crippen LogP contribution in [0.5, 0.6) is 0 Å². The van der Waals surface area contributed by atoms with Gasteiger partial charge in [0.2, 0.25) is 5.91 Å². The first-order valence-corrected chi connectivity index (χ1v) is 12.0. The molecule has 0 saturated carbocycles. The Kier molecular flexibility index (Phi) is 7.27. The molecule has 4 rings (SSSR count). The normalized spacial score (nSPS) is 17.7. The lowest BCUT2D eigenvalue weighted by molar-refractivity contribution is -0.137. The molecule has 0 unspecified atom stereocenters. The van der Waals surface area contributed by atoms with Crippen molar-refractivity contribution in [3.05, 3.63) is 40.9 Å². The summed E-state index contributed by atoms with van der Waals surface area (Å²) in [6.07, 6.45) is -4.38. The lowest BCUT2D eigenvalue weighted by Crippen LogP contribution is -2.54. The van der Waals surface area contributed by atoms with Crippen molar-refractivity contribution in [2.75, 3.05) is 76.2 Å². The van der Waals surface area contributed by atoms with Crippen LogP contribution in [-0.4, -0.2) is 97.4 Å². The fourth-order valence-corrected chi connectivity index (χ4v) is 4.79. The van der Waals surface area contributed by atoms with Crippen LogP contribution < -0.4 is 10.2 Å². The van der Waals surface area contributed by atoms with E-state index in [9.17, 15) is 22.8 Å². The summed E-state index contributed by atoms with van der Waals surface area (Å²) in [5.74, 6) is -0.101. The Labute approximate surface area is 199 Å². The minimum atomic E-state index is -4.38. The Hall–Kier alpha value is -2.86. The van der Waals surface area contributed by atoms with Crippen molar-refractivity contribution in [1.82, 2.24) is 19.7 Å². The zero-order chi connectivity index (χ0) is 24.3. The van der Waals surface area contributed by atoms with Crippen molar-refractivity contribution in [3.8, 4) is 0 Å². The molecule has 2 fully saturated rings. The number of benzene rings is 1. The van der Waals surface area contributed by atoms with Crippen molar-refractivity contribution in [2.45, 2.75) is 6.18 Å². The number of rotatable bonds is 5. The second kappa shape index (κ2) is 10.2. The highest BCUT2D eigenvalue weighted by Crippen LogP contribution is 2.31. The number of carbonyl (C=O) groups excluding carboxylic acids is 2. The highest BCUT2D eigenvalue weighted by molar-refractivity contribution is 7.13. The van der Waals surface area contributed by atoms with Gasteiger partial charge in [0.05, 0.1) is 12.1 Å². The third-order valence-corrected chi connectivity index (χ3v) is 6.99. The second-order valence-corrected chi connectivity index (χ2v) is 9.13. The number of thiazole rings is 1. The molecule has 184 valence electrons. The molecule has 2 amide bonds. The summed E-state index contributed by atoms with van der Waals surface area (Å²) in [6.45, 7) is 4.43. The molecule has 1 N–H and O–H groups in total. The van der Waals surface area contributed by atoms with Crippen LogP contribution >= 0.6 is 11.3 Å². The van der Waals surface area contributed by atoms with Crippen LogP contribution in [0.25, 0.3) is 0 Å². The van der Waals surface area contributed by atoms with E-state index in [0.29, 0.717) is 68.9 Å². The SMILES string of the molecule is CNc1nc(C(=O)N2CCN(CC(=O)N3CCN(c4cccc(C(F)(F)F)c4)CC3)CC2)cs1. The van der Waals surface area contributed by atoms with Gasteiger partial charge in [0.15, 0.2) is 5.13 Å². The van der Waals surface area contributed by atoms with Gasteiger partial charge in [-0.05, 0) is 18.2 Å². The summed E-state index contributed by atoms with van der Waals surface area (Å²) in [6, 6.07) is 5.30. The van der Waals surface area contributed by atoms with Gasteiger partial charge in [-0.1, -0.05) is 6.07 Å². The summed E-state index contributed by atoms with van der Waals surface area (Å²) >= 11 is 1.38. The smallest absolute Gasteiger partial charge is 0.368 e. The maximum Gasteiger partial charge on any atom is 0.416 e. The zero-order valence-electron chi connectivity index (χ0n) is 18.8. The highest BCUT2D eigenvalue weighted by Gasteiger charge is 2.32. The highest BCUT2D eigenvalue weighted by atomic mass is 32.1. The molecule has 0 atom stereocenters. The van der Waals surface area contributed by atoms with Gasteiger partial charge < -0.3 is 20.0 Å². The predicted octanol–water partition coefficient (Wildman–Crippen LogP) is 2.31. The molecular formula is C22H27F3N6O2S. The van der Waals surface area contributed by atoms with Crippen molar-refractivity contribution in [3.63, 3.8) is 0 Å². The van der Waals surface area contributed by atoms with Crippen LogP contribution in [-0.2, 0) is 11.0 Å². The third-order valence-electron chi connectivity index (χ3n) is 6.13. The topological polar surface area (TPSA) is 72.0 Å². The van der Waals surface area contributed by atoms with Crippen molar-refractivity contribution in [1.29, 1.82) is 0 Å². The van der Waals surface area contributed by atoms with Gasteiger partial charge in [0.25, 0.3) is 5.91 Å². The molecule has 8 nitrogen and oxygen atoms in total. The number of nitrogens with zero attached hydrogens (tertiary/aromatic N) is 5. The average molecular weight is 497 g/mol. The molecule has 1 aromatic heterocycles. The van der Waals surface area contributed by atoms with E-state index >= 15 is 0 Å². The maximum atomic E-state index is 13.0. The molecule has 2 saturated heterocycles. The molecule has 0 bridgehead atoms. The van der Waals surface area contributed by atoms with Crippen LogP contribution in [0.4, 0.5) is 24.0 Å². The van der Waals surface area contributed by atoms with Crippen molar-refractivity contribution < 1.29 is 22.8 Å². The van der Waals surface area contributed by atoms with Gasteiger partial charge in [0.1, 0.15) is 5.69 Å². The van der Waals surface area contributed by atoms with E-state index in [0.717, 1.165) is 12.1 Å². The quantitative estimate of drug-likeness (QED) is 0.685. The van der Waals surface area contributed by atoms with E-state index in [1.807, 2.05) is 9.80 Å². The van der Waals surface area contributed by atoms with Gasteiger partial charge in [-0.3, -0.25) is 14.5 Å². The van der Waals surface area contributed by atoms with Gasteiger partial charge in [-0.2, -0.15) is 13.2 Å². The molecule has 1 aromatic carbocycles. The van der Waals surface area contributed by atoms with Crippen LogP contribution in [0, 0.1) is 0 Å². The first kappa shape index (κ1) is 24.3. The Morgan fingerprint density at radius 2 is 1.71 bits per heavy atom. The number of halogens is 3. The summed E-state index contributed by atoms with van der Waals surface area (Å²) in [4.78, 5) is 37.1. The van der Waals surface area contributed by atoms with E-state index < -0.39 is 11.7 Å². The number of aromatic nitrogens is 1. The van der Waals surface area contributed by atoms with Crippen LogP contribution in [0.2, 0.25) is 0 Å². The minimum absolute atomic E-state index is 0.00151. The molecule has 0 aliphatic carbocycles. The molecule has 2 aliphatic rings. The number of anilines is 2. The lowest BCUT2D eigenvalue weighted by atomic mass is 10.1. The first-order chi connectivity index (χ1) is 16.2. The van der Waals surface area contributed by atoms with Crippen molar-refractivity contribution >= 4 is 34.0 Å². The predicted molar refractivity (Wildman–Crippen MR) is 124 cm³/mol. The average Bonchev–Trinajstić information content (AvgIpc) is 3.33. The van der Waals surface area contributed by atoms with Gasteiger partial charge in [-0.15, -0.1) is 11.3 Å². The minimum Gasteiger partial charge on any atom is -0.368 e. The maximum absolute atomic E-state index is 13.0. The van der Waals surface area contributed by atoms with E-state index in [1.165, 1.54) is 17.4 Å². The van der Waals surface area contributed by atoms with Gasteiger partial charge in [-0.25, -0.2) is 4.98 Å². The van der Waals surface area contributed by atoms with Crippen molar-refractivity contribution in [2.24, 2.45) is 0 Å². The van der Waals surface area contributed by atoms with Crippen LogP contribution in [0.3, 0.4) is 0 Å². The summed E-state index contributed by atoms with van der Waals surface area (Å²) in [5.41, 5.74) is 0.278. The summed E-state index contributed by atoms with van der Waals surface area (Å²) in [7, 11) is 1.76. The van der Waals surface area contributed by atoms with Crippen LogP contribution in [0.1, 0.15) is 16.1 Å². The number of hydrogen-bond donors (Lipinski definition) is 1. The molecule has 3 heterocycles. The Morgan fingerprint density at radius 3 is 2.32 bits per heavy atom. The van der Waals surface area contributed by atoms with E-state index in [2.05, 4.69) is 10.3 Å². The van der Waals surface area contributed by atoms with E-state index in [1.54, 1.807) is 28.3 Å². The second-order valence-electron chi connectivity index (χ2n) is 8.27. The number of alkyl halides is 3. The molecule has 34 heavy (non-hydrogen) atoms. The van der Waals surface area contributed by atoms with Gasteiger partial charge in [0, 0.05) is 70.5 Å². The Balaban J connectivity index is 1.23. The molecule has 0 spiro atoms. The number of hydrogen-bond acceptors (Lipinski definition) is 7. The Bertz CT molecular complexity index is 1010. The number of nitrogens with one attached hydrogen (secondary N) is 1. The number of carbonyl (C=O) groups is 2. The first-order valence-electron chi connectivity index (χ1n) is 11.1. The third kappa shape index (κ3) is 5.61. The standard InChI is InChI=1S/C22H27F3N6O2S/c1-26-21-27-18(15-34-21)20(33)31-7-5-28(6-8-31)14-19(32)30-11-9-29(10-12-30)17-4-2-3-16(13-17)22(23,24)25/h2-4,13,15H,5-12,14H2,1H3,(H,26,27). The largest absolute Gasteiger partial charge is 0.416 e. The van der Waals surface area contributed by atoms with Gasteiger partial charge >= 0.3 is 6.18 Å². The lowest BCUT2D eigenvalue weighted by Gasteiger charge is -2.38. The number of piperazine rings is 2. The molecule has 0 radical (unpaired) electrons. The fraction of sp³-hybridized carbons (Fsp3) is 0.500. The fourth-order valence-electron chi connectivity index (χ4n) is 4.14. The summed E-state index contributed by atoms with van der Waals surface area (Å²) in [5, 5.41) is 5.36. The summed E-state index contributed by atoms with van der Waals surface area (Å²) < 4.78 is 39.0. The van der Waals surface area contributed by atoms with E-state index in [4.69, 9.17) is 0 Å². The Morgan fingerprint density at radius 1 is 1.03 bits per heavy atom. The zero-order valence-corrected chi connectivity index (χ0v) is 19.7. The van der Waals surface area contributed by atoms with E-state index in [-0.39, 0.29) is 18.4 Å². The monoisotopic (exact) mass is 496 g/mol. The molecular weight excluding hydrogens is 469 g/mol. The van der Waals surface area contributed by atoms with Crippen LogP contribution in [0.15, 0.2) is 29.6 Å². The number of amides is 2. The molecule has 12 heteroatoms.